The Morgan fingerprint density at radius 1 is 1.24 bits per heavy atom. The van der Waals surface area contributed by atoms with E-state index in [1.54, 1.807) is 0 Å². The van der Waals surface area contributed by atoms with Crippen LogP contribution in [0.1, 0.15) is 12.0 Å². The molecule has 5 nitrogen and oxygen atoms in total. The monoisotopic (exact) mass is 312 g/mol. The highest BCUT2D eigenvalue weighted by atomic mass is 32.2. The smallest absolute Gasteiger partial charge is 0.152 e. The minimum Gasteiger partial charge on any atom is -0.394 e. The van der Waals surface area contributed by atoms with Gasteiger partial charge < -0.3 is 15.3 Å². The number of nitrogens with zero attached hydrogens (tertiary/aromatic N) is 1. The number of likely N-dealkylation sites (N-methyl/N-ethyl adjacent to an activating group) is 1. The van der Waals surface area contributed by atoms with Crippen molar-refractivity contribution in [3.05, 3.63) is 35.9 Å². The molecule has 0 saturated carbocycles. The zero-order chi connectivity index (χ0) is 15.3. The van der Waals surface area contributed by atoms with Crippen molar-refractivity contribution in [1.82, 2.24) is 10.2 Å². The molecular weight excluding hydrogens is 288 g/mol. The fourth-order valence-electron chi connectivity index (χ4n) is 2.74. The number of benzene rings is 1. The molecule has 1 aromatic rings. The van der Waals surface area contributed by atoms with E-state index in [0.717, 1.165) is 18.5 Å². The number of aliphatic hydroxyl groups is 1. The number of nitrogens with one attached hydrogen (secondary N) is 1. The molecule has 1 aliphatic heterocycles. The zero-order valence-electron chi connectivity index (χ0n) is 12.5. The van der Waals surface area contributed by atoms with E-state index >= 15 is 0 Å². The fraction of sp³-hybridized carbons (Fsp3) is 0.600. The lowest BCUT2D eigenvalue weighted by molar-refractivity contribution is 0.140. The Hall–Kier alpha value is -0.950. The molecule has 21 heavy (non-hydrogen) atoms. The van der Waals surface area contributed by atoms with Crippen LogP contribution < -0.4 is 5.32 Å². The number of hydrogen-bond donors (Lipinski definition) is 2. The third-order valence-corrected chi connectivity index (χ3v) is 5.98. The van der Waals surface area contributed by atoms with E-state index in [0.29, 0.717) is 13.1 Å². The Bertz CT molecular complexity index is 527. The van der Waals surface area contributed by atoms with Gasteiger partial charge in [-0.25, -0.2) is 8.42 Å². The summed E-state index contributed by atoms with van der Waals surface area (Å²) in [5.41, 5.74) is 0.581. The zero-order valence-corrected chi connectivity index (χ0v) is 13.3. The average molecular weight is 312 g/mol. The van der Waals surface area contributed by atoms with Crippen molar-refractivity contribution in [3.8, 4) is 0 Å². The van der Waals surface area contributed by atoms with Crippen molar-refractivity contribution in [2.75, 3.05) is 44.8 Å². The molecule has 1 saturated heterocycles. The first-order valence-corrected chi connectivity index (χ1v) is 9.11. The van der Waals surface area contributed by atoms with E-state index in [4.69, 9.17) is 0 Å². The molecule has 1 heterocycles. The van der Waals surface area contributed by atoms with Crippen molar-refractivity contribution in [1.29, 1.82) is 0 Å². The van der Waals surface area contributed by atoms with Crippen LogP contribution in [-0.4, -0.2) is 63.2 Å². The standard InChI is InChI=1S/C15H24N2O3S/c1-16-15(13-18,14-5-3-2-4-6-14)7-8-17-9-11-21(19,20)12-10-17/h2-6,16,18H,7-13H2,1H3. The second-order valence-corrected chi connectivity index (χ2v) is 7.90. The first kappa shape index (κ1) is 16.4. The lowest BCUT2D eigenvalue weighted by Gasteiger charge is -2.35. The summed E-state index contributed by atoms with van der Waals surface area (Å²) < 4.78 is 22.9. The van der Waals surface area contributed by atoms with Crippen molar-refractivity contribution < 1.29 is 13.5 Å². The van der Waals surface area contributed by atoms with E-state index in [2.05, 4.69) is 10.2 Å². The molecule has 2 N–H and O–H groups in total. The van der Waals surface area contributed by atoms with Gasteiger partial charge >= 0.3 is 0 Å². The van der Waals surface area contributed by atoms with Gasteiger partial charge in [-0.2, -0.15) is 0 Å². The summed E-state index contributed by atoms with van der Waals surface area (Å²) in [6.45, 7) is 1.95. The summed E-state index contributed by atoms with van der Waals surface area (Å²) in [7, 11) is -0.988. The Morgan fingerprint density at radius 3 is 2.38 bits per heavy atom. The minimum atomic E-state index is -2.84. The maximum Gasteiger partial charge on any atom is 0.152 e. The van der Waals surface area contributed by atoms with Crippen molar-refractivity contribution in [3.63, 3.8) is 0 Å². The van der Waals surface area contributed by atoms with Crippen LogP contribution >= 0.6 is 0 Å². The summed E-state index contributed by atoms with van der Waals surface area (Å²) in [4.78, 5) is 2.16. The van der Waals surface area contributed by atoms with Crippen molar-refractivity contribution >= 4 is 9.84 Å². The van der Waals surface area contributed by atoms with Crippen LogP contribution in [0.25, 0.3) is 0 Å². The Kier molecular flexibility index (Phi) is 5.37. The molecule has 0 aliphatic carbocycles. The molecule has 2 rings (SSSR count). The summed E-state index contributed by atoms with van der Waals surface area (Å²) in [5, 5.41) is 13.1. The number of aliphatic hydroxyl groups excluding tert-OH is 1. The minimum absolute atomic E-state index is 0.0135. The number of sulfone groups is 1. The van der Waals surface area contributed by atoms with Crippen LogP contribution in [0, 0.1) is 0 Å². The first-order valence-electron chi connectivity index (χ1n) is 7.29. The van der Waals surface area contributed by atoms with E-state index < -0.39 is 15.4 Å². The van der Waals surface area contributed by atoms with Gasteiger partial charge in [0.15, 0.2) is 9.84 Å². The van der Waals surface area contributed by atoms with Crippen LogP contribution in [-0.2, 0) is 15.4 Å². The topological polar surface area (TPSA) is 69.6 Å². The predicted molar refractivity (Wildman–Crippen MR) is 84.0 cm³/mol. The highest BCUT2D eigenvalue weighted by molar-refractivity contribution is 7.91. The molecule has 0 amide bonds. The molecule has 1 aromatic carbocycles. The molecule has 118 valence electrons. The predicted octanol–water partition coefficient (Wildman–Crippen LogP) is 0.214. The van der Waals surface area contributed by atoms with E-state index in [-0.39, 0.29) is 18.1 Å². The fourth-order valence-corrected chi connectivity index (χ4v) is 4.02. The molecule has 1 unspecified atom stereocenters. The maximum absolute atomic E-state index is 11.5. The van der Waals surface area contributed by atoms with Gasteiger partial charge in [0.05, 0.1) is 23.7 Å². The largest absolute Gasteiger partial charge is 0.394 e. The van der Waals surface area contributed by atoms with Crippen LogP contribution in [0.15, 0.2) is 30.3 Å². The van der Waals surface area contributed by atoms with Gasteiger partial charge in [0.1, 0.15) is 0 Å². The lowest BCUT2D eigenvalue weighted by Crippen LogP contribution is -2.48. The highest BCUT2D eigenvalue weighted by Gasteiger charge is 2.31. The summed E-state index contributed by atoms with van der Waals surface area (Å²) >= 11 is 0. The van der Waals surface area contributed by atoms with E-state index in [1.165, 1.54) is 0 Å². The van der Waals surface area contributed by atoms with E-state index in [1.807, 2.05) is 37.4 Å². The molecule has 0 radical (unpaired) electrons. The van der Waals surface area contributed by atoms with Crippen LogP contribution in [0.2, 0.25) is 0 Å². The summed E-state index contributed by atoms with van der Waals surface area (Å²) in [6.07, 6.45) is 0.740. The van der Waals surface area contributed by atoms with Gasteiger partial charge in [-0.3, -0.25) is 0 Å². The van der Waals surface area contributed by atoms with Gasteiger partial charge in [0.2, 0.25) is 0 Å². The SMILES string of the molecule is CNC(CO)(CCN1CCS(=O)(=O)CC1)c1ccccc1. The average Bonchev–Trinajstić information content (AvgIpc) is 2.51. The number of hydrogen-bond acceptors (Lipinski definition) is 5. The van der Waals surface area contributed by atoms with Gasteiger partial charge in [0.25, 0.3) is 0 Å². The van der Waals surface area contributed by atoms with Crippen molar-refractivity contribution in [2.24, 2.45) is 0 Å². The Balaban J connectivity index is 2.01. The van der Waals surface area contributed by atoms with Crippen LogP contribution in [0.3, 0.4) is 0 Å². The lowest BCUT2D eigenvalue weighted by atomic mass is 9.87. The molecule has 1 atom stereocenters. The van der Waals surface area contributed by atoms with Gasteiger partial charge in [-0.05, 0) is 19.0 Å². The third kappa shape index (κ3) is 4.03. The summed E-state index contributed by atoms with van der Waals surface area (Å²) in [6, 6.07) is 9.90. The second kappa shape index (κ2) is 6.87. The normalized spacial score (nSPS) is 21.8. The van der Waals surface area contributed by atoms with E-state index in [9.17, 15) is 13.5 Å². The van der Waals surface area contributed by atoms with Gasteiger partial charge in [-0.1, -0.05) is 30.3 Å². The first-order chi connectivity index (χ1) is 10.0. The molecule has 1 aliphatic rings. The van der Waals surface area contributed by atoms with Crippen molar-refractivity contribution in [2.45, 2.75) is 12.0 Å². The molecule has 0 bridgehead atoms. The quantitative estimate of drug-likeness (QED) is 0.786. The van der Waals surface area contributed by atoms with Crippen LogP contribution in [0.4, 0.5) is 0 Å². The Labute approximate surface area is 126 Å². The Morgan fingerprint density at radius 2 is 1.86 bits per heavy atom. The molecule has 0 aromatic heterocycles. The second-order valence-electron chi connectivity index (χ2n) is 5.60. The molecule has 6 heteroatoms. The van der Waals surface area contributed by atoms with Gasteiger partial charge in [-0.15, -0.1) is 0 Å². The highest BCUT2D eigenvalue weighted by Crippen LogP contribution is 2.25. The molecule has 0 spiro atoms. The summed E-state index contributed by atoms with van der Waals surface area (Å²) in [5.74, 6) is 0.480. The molecule has 1 fully saturated rings. The maximum atomic E-state index is 11.5. The third-order valence-electron chi connectivity index (χ3n) is 4.37. The molecular formula is C15H24N2O3S. The van der Waals surface area contributed by atoms with Crippen LogP contribution in [0.5, 0.6) is 0 Å². The number of rotatable bonds is 6. The van der Waals surface area contributed by atoms with Gasteiger partial charge in [0, 0.05) is 19.6 Å².